The number of benzene rings is 1. The first-order valence-corrected chi connectivity index (χ1v) is 13.0. The molecule has 2 rings (SSSR count). The third kappa shape index (κ3) is 9.85. The lowest BCUT2D eigenvalue weighted by atomic mass is 10.0. The number of rotatable bonds is 6. The summed E-state index contributed by atoms with van der Waals surface area (Å²) in [7, 11) is -1.94. The first kappa shape index (κ1) is 31.0. The zero-order valence-corrected chi connectivity index (χ0v) is 21.6. The van der Waals surface area contributed by atoms with Gasteiger partial charge in [0.15, 0.2) is 5.75 Å². The highest BCUT2D eigenvalue weighted by molar-refractivity contribution is 7.92. The summed E-state index contributed by atoms with van der Waals surface area (Å²) >= 11 is 0. The highest BCUT2D eigenvalue weighted by atomic mass is 32.2. The van der Waals surface area contributed by atoms with Gasteiger partial charge in [-0.05, 0) is 31.0 Å². The van der Waals surface area contributed by atoms with Crippen molar-refractivity contribution in [3.63, 3.8) is 0 Å². The number of carbonyl (C=O) groups is 1. The van der Waals surface area contributed by atoms with E-state index in [0.29, 0.717) is 0 Å². The summed E-state index contributed by atoms with van der Waals surface area (Å²) in [4.78, 5) is 16.1. The second-order valence-corrected chi connectivity index (χ2v) is 10.9. The lowest BCUT2D eigenvalue weighted by Crippen LogP contribution is -2.47. The Morgan fingerprint density at radius 1 is 1.11 bits per heavy atom. The molecule has 0 unspecified atom stereocenters. The highest BCUT2D eigenvalue weighted by Gasteiger charge is 2.36. The molecule has 0 saturated carbocycles. The van der Waals surface area contributed by atoms with Crippen LogP contribution < -0.4 is 9.46 Å². The van der Waals surface area contributed by atoms with Gasteiger partial charge in [0.25, 0.3) is 5.91 Å². The van der Waals surface area contributed by atoms with Crippen molar-refractivity contribution in [2.75, 3.05) is 50.9 Å². The van der Waals surface area contributed by atoms with E-state index in [-0.39, 0.29) is 49.2 Å². The zero-order valence-electron chi connectivity index (χ0n) is 20.8. The van der Waals surface area contributed by atoms with E-state index in [1.807, 2.05) is 0 Å². The average molecular weight is 564 g/mol. The average Bonchev–Trinajstić information content (AvgIpc) is 2.74. The van der Waals surface area contributed by atoms with Gasteiger partial charge in [0, 0.05) is 45.5 Å². The summed E-state index contributed by atoms with van der Waals surface area (Å²) in [6, 6.07) is 2.91. The summed E-state index contributed by atoms with van der Waals surface area (Å²) in [5.41, 5.74) is -0.413. The molecule has 1 amide bonds. The van der Waals surface area contributed by atoms with Crippen molar-refractivity contribution in [2.24, 2.45) is 5.92 Å². The number of sulfonamides is 1. The molecule has 0 aromatic heterocycles. The molecule has 15 heteroatoms. The number of hydrogen-bond donors (Lipinski definition) is 1. The Kier molecular flexibility index (Phi) is 10.1. The molecular weight excluding hydrogens is 532 g/mol. The minimum atomic E-state index is -4.97. The molecule has 0 fully saturated rings. The van der Waals surface area contributed by atoms with E-state index in [1.54, 1.807) is 23.5 Å². The molecule has 0 radical (unpaired) electrons. The summed E-state index contributed by atoms with van der Waals surface area (Å²) < 4.78 is 113. The number of nitrogens with zero attached hydrogens (tertiary/aromatic N) is 2. The number of fused-ring (bicyclic) bond motifs is 1. The molecule has 37 heavy (non-hydrogen) atoms. The number of alkyl halides is 6. The third-order valence-electron chi connectivity index (χ3n) is 5.88. The van der Waals surface area contributed by atoms with Crippen LogP contribution in [0.3, 0.4) is 0 Å². The summed E-state index contributed by atoms with van der Waals surface area (Å²) in [6.45, 7) is 3.36. The van der Waals surface area contributed by atoms with Gasteiger partial charge in [-0.25, -0.2) is 8.42 Å². The van der Waals surface area contributed by atoms with E-state index in [4.69, 9.17) is 9.47 Å². The standard InChI is InChI=1S/C22H31F6N3O5S/c1-14-10-31(8-7-21(23,24)25)15(2)12-36-18-6-5-16(29-37(33,34)13-22(26,27)28)9-17(18)20(32)30(3)11-19(14)35-4/h5-6,9,14-15,19,29H,7-8,10-13H2,1-4H3/t14-,15-,19-/m1/s1. The first-order valence-electron chi connectivity index (χ1n) is 11.3. The number of likely N-dealkylation sites (N-methyl/N-ethyl adjacent to an activating group) is 1. The number of carbonyl (C=O) groups excluding carboxylic acids is 1. The smallest absolute Gasteiger partial charge is 0.404 e. The van der Waals surface area contributed by atoms with E-state index in [2.05, 4.69) is 0 Å². The predicted octanol–water partition coefficient (Wildman–Crippen LogP) is 3.75. The maximum absolute atomic E-state index is 13.2. The van der Waals surface area contributed by atoms with Crippen LogP contribution >= 0.6 is 0 Å². The van der Waals surface area contributed by atoms with Gasteiger partial charge in [0.1, 0.15) is 12.4 Å². The number of halogens is 6. The topological polar surface area (TPSA) is 88.2 Å². The Balaban J connectivity index is 2.42. The van der Waals surface area contributed by atoms with Crippen LogP contribution in [0, 0.1) is 5.92 Å². The van der Waals surface area contributed by atoms with E-state index < -0.39 is 52.6 Å². The molecule has 0 saturated heterocycles. The Morgan fingerprint density at radius 2 is 1.76 bits per heavy atom. The van der Waals surface area contributed by atoms with Crippen molar-refractivity contribution in [1.82, 2.24) is 9.80 Å². The van der Waals surface area contributed by atoms with Gasteiger partial charge in [-0.3, -0.25) is 14.4 Å². The van der Waals surface area contributed by atoms with Crippen molar-refractivity contribution >= 4 is 21.6 Å². The van der Waals surface area contributed by atoms with Crippen LogP contribution in [-0.4, -0.2) is 94.8 Å². The monoisotopic (exact) mass is 563 g/mol. The lowest BCUT2D eigenvalue weighted by molar-refractivity contribution is -0.140. The summed E-state index contributed by atoms with van der Waals surface area (Å²) in [6.07, 6.45) is -10.9. The van der Waals surface area contributed by atoms with Crippen molar-refractivity contribution in [2.45, 2.75) is 44.8 Å². The highest BCUT2D eigenvalue weighted by Crippen LogP contribution is 2.28. The van der Waals surface area contributed by atoms with Crippen molar-refractivity contribution in [1.29, 1.82) is 0 Å². The van der Waals surface area contributed by atoms with Gasteiger partial charge in [-0.1, -0.05) is 6.92 Å². The predicted molar refractivity (Wildman–Crippen MR) is 124 cm³/mol. The van der Waals surface area contributed by atoms with Crippen LogP contribution in [0.15, 0.2) is 18.2 Å². The van der Waals surface area contributed by atoms with Crippen LogP contribution in [-0.2, 0) is 14.8 Å². The molecule has 1 N–H and O–H groups in total. The van der Waals surface area contributed by atoms with Crippen LogP contribution in [0.1, 0.15) is 30.6 Å². The number of methoxy groups -OCH3 is 1. The van der Waals surface area contributed by atoms with Gasteiger partial charge in [0.05, 0.1) is 18.1 Å². The van der Waals surface area contributed by atoms with Gasteiger partial charge >= 0.3 is 12.4 Å². The second kappa shape index (κ2) is 12.1. The Labute approximate surface area is 211 Å². The van der Waals surface area contributed by atoms with Gasteiger partial charge < -0.3 is 14.4 Å². The minimum absolute atomic E-state index is 0.000768. The number of amides is 1. The van der Waals surface area contributed by atoms with Crippen molar-refractivity contribution in [3.8, 4) is 5.75 Å². The number of hydrogen-bond acceptors (Lipinski definition) is 6. The number of ether oxygens (including phenoxy) is 2. The Morgan fingerprint density at radius 3 is 2.32 bits per heavy atom. The van der Waals surface area contributed by atoms with Gasteiger partial charge in [-0.15, -0.1) is 0 Å². The zero-order chi connectivity index (χ0) is 28.2. The minimum Gasteiger partial charge on any atom is -0.491 e. The quantitative estimate of drug-likeness (QED) is 0.531. The van der Waals surface area contributed by atoms with Gasteiger partial charge in [0.2, 0.25) is 10.0 Å². The van der Waals surface area contributed by atoms with E-state index >= 15 is 0 Å². The molecule has 1 aliphatic heterocycles. The van der Waals surface area contributed by atoms with Crippen LogP contribution in [0.5, 0.6) is 5.75 Å². The Bertz CT molecular complexity index is 1030. The molecule has 0 spiro atoms. The number of nitrogens with one attached hydrogen (secondary N) is 1. The van der Waals surface area contributed by atoms with Crippen LogP contribution in [0.4, 0.5) is 32.0 Å². The molecule has 1 aromatic carbocycles. The van der Waals surface area contributed by atoms with Crippen LogP contribution in [0.25, 0.3) is 0 Å². The fourth-order valence-corrected chi connectivity index (χ4v) is 4.92. The molecule has 1 heterocycles. The summed E-state index contributed by atoms with van der Waals surface area (Å²) in [5, 5.41) is 0. The largest absolute Gasteiger partial charge is 0.491 e. The maximum atomic E-state index is 13.2. The maximum Gasteiger partial charge on any atom is 0.404 e. The fraction of sp³-hybridized carbons (Fsp3) is 0.682. The molecule has 1 aromatic rings. The van der Waals surface area contributed by atoms with Gasteiger partial charge in [-0.2, -0.15) is 26.3 Å². The molecule has 8 nitrogen and oxygen atoms in total. The lowest BCUT2D eigenvalue weighted by Gasteiger charge is -2.36. The molecule has 212 valence electrons. The molecule has 0 bridgehead atoms. The Hall–Kier alpha value is -2.26. The molecule has 3 atom stereocenters. The number of anilines is 1. The molecule has 0 aliphatic carbocycles. The van der Waals surface area contributed by atoms with Crippen molar-refractivity contribution < 1.29 is 49.0 Å². The van der Waals surface area contributed by atoms with Crippen LogP contribution in [0.2, 0.25) is 0 Å². The first-order chi connectivity index (χ1) is 16.9. The fourth-order valence-electron chi connectivity index (χ4n) is 3.93. The molecular formula is C22H31F6N3O5S. The third-order valence-corrected chi connectivity index (χ3v) is 7.14. The summed E-state index contributed by atoms with van der Waals surface area (Å²) in [5.74, 6) is -3.00. The SMILES string of the molecule is CO[C@@H]1CN(C)C(=O)c2cc(NS(=O)(=O)CC(F)(F)F)ccc2OC[C@@H](C)N(CCC(F)(F)F)C[C@H]1C. The molecule has 1 aliphatic rings. The van der Waals surface area contributed by atoms with E-state index in [9.17, 15) is 39.6 Å². The van der Waals surface area contributed by atoms with Crippen molar-refractivity contribution in [3.05, 3.63) is 23.8 Å². The van der Waals surface area contributed by atoms with E-state index in [1.165, 1.54) is 25.1 Å². The second-order valence-electron chi connectivity index (χ2n) is 9.14. The van der Waals surface area contributed by atoms with E-state index in [0.717, 1.165) is 12.1 Å². The normalized spacial score (nSPS) is 23.0.